The quantitative estimate of drug-likeness (QED) is 0.805. The molecule has 98 valence electrons. The van der Waals surface area contributed by atoms with Crippen LogP contribution in [0.15, 0.2) is 0 Å². The molecule has 2 saturated heterocycles. The molecule has 0 saturated carbocycles. The molecule has 0 aromatic heterocycles. The Morgan fingerprint density at radius 2 is 2.12 bits per heavy atom. The minimum Gasteiger partial charge on any atom is -0.376 e. The molecule has 0 radical (unpaired) electrons. The number of amides is 1. The van der Waals surface area contributed by atoms with E-state index in [-0.39, 0.29) is 18.1 Å². The molecule has 2 fully saturated rings. The first kappa shape index (κ1) is 12.8. The highest BCUT2D eigenvalue weighted by Gasteiger charge is 2.25. The van der Waals surface area contributed by atoms with Gasteiger partial charge in [-0.05, 0) is 38.6 Å². The number of nitrogens with one attached hydrogen (secondary N) is 1. The second kappa shape index (κ2) is 6.36. The van der Waals surface area contributed by atoms with E-state index in [9.17, 15) is 4.79 Å². The Morgan fingerprint density at radius 3 is 2.76 bits per heavy atom. The first-order valence-electron chi connectivity index (χ1n) is 6.87. The molecule has 1 N–H and O–H groups in total. The lowest BCUT2D eigenvalue weighted by Crippen LogP contribution is -2.49. The Balaban J connectivity index is 1.77. The summed E-state index contributed by atoms with van der Waals surface area (Å²) in [5.74, 6) is 0.235. The summed E-state index contributed by atoms with van der Waals surface area (Å²) in [5, 5.41) is 3.30. The van der Waals surface area contributed by atoms with Gasteiger partial charge in [0.2, 0.25) is 5.91 Å². The van der Waals surface area contributed by atoms with Crippen molar-refractivity contribution in [3.05, 3.63) is 0 Å². The van der Waals surface area contributed by atoms with Crippen molar-refractivity contribution in [1.82, 2.24) is 10.2 Å². The zero-order chi connectivity index (χ0) is 12.1. The minimum absolute atomic E-state index is 0.0392. The second-order valence-electron chi connectivity index (χ2n) is 5.21. The fraction of sp³-hybridized carbons (Fsp3) is 0.923. The van der Waals surface area contributed by atoms with E-state index in [1.54, 1.807) is 0 Å². The number of ether oxygens (including phenoxy) is 1. The van der Waals surface area contributed by atoms with E-state index >= 15 is 0 Å². The summed E-state index contributed by atoms with van der Waals surface area (Å²) in [4.78, 5) is 14.0. The van der Waals surface area contributed by atoms with Crippen LogP contribution in [0.5, 0.6) is 0 Å². The Labute approximate surface area is 104 Å². The van der Waals surface area contributed by atoms with Crippen LogP contribution in [0.3, 0.4) is 0 Å². The molecule has 2 rings (SSSR count). The number of piperidine rings is 1. The van der Waals surface area contributed by atoms with Gasteiger partial charge < -0.3 is 15.0 Å². The molecular formula is C13H24N2O2. The number of carbonyl (C=O) groups is 1. The summed E-state index contributed by atoms with van der Waals surface area (Å²) in [7, 11) is 1.90. The number of hydrogen-bond donors (Lipinski definition) is 1. The maximum absolute atomic E-state index is 12.2. The molecule has 0 aliphatic carbocycles. The predicted molar refractivity (Wildman–Crippen MR) is 66.9 cm³/mol. The average Bonchev–Trinajstić information content (AvgIpc) is 2.40. The second-order valence-corrected chi connectivity index (χ2v) is 5.21. The summed E-state index contributed by atoms with van der Waals surface area (Å²) in [5.41, 5.74) is 0. The fourth-order valence-corrected chi connectivity index (χ4v) is 2.68. The first-order valence-corrected chi connectivity index (χ1v) is 6.87. The van der Waals surface area contributed by atoms with Crippen LogP contribution in [-0.2, 0) is 9.53 Å². The Morgan fingerprint density at radius 1 is 1.29 bits per heavy atom. The van der Waals surface area contributed by atoms with E-state index in [4.69, 9.17) is 4.74 Å². The number of rotatable bonds is 3. The average molecular weight is 240 g/mol. The van der Waals surface area contributed by atoms with E-state index in [2.05, 4.69) is 5.32 Å². The van der Waals surface area contributed by atoms with Gasteiger partial charge in [0, 0.05) is 20.2 Å². The minimum atomic E-state index is 0.0392. The highest BCUT2D eigenvalue weighted by Crippen LogP contribution is 2.15. The van der Waals surface area contributed by atoms with Crippen molar-refractivity contribution in [2.75, 3.05) is 26.7 Å². The summed E-state index contributed by atoms with van der Waals surface area (Å²) in [6, 6.07) is 0.0392. The van der Waals surface area contributed by atoms with Crippen molar-refractivity contribution in [3.63, 3.8) is 0 Å². The van der Waals surface area contributed by atoms with Crippen LogP contribution in [0.25, 0.3) is 0 Å². The Hall–Kier alpha value is -0.610. The van der Waals surface area contributed by atoms with Gasteiger partial charge in [0.15, 0.2) is 0 Å². The van der Waals surface area contributed by atoms with Gasteiger partial charge in [0.05, 0.1) is 12.1 Å². The van der Waals surface area contributed by atoms with Gasteiger partial charge in [0.25, 0.3) is 0 Å². The molecule has 2 aliphatic heterocycles. The fourth-order valence-electron chi connectivity index (χ4n) is 2.68. The van der Waals surface area contributed by atoms with Gasteiger partial charge in [-0.3, -0.25) is 4.79 Å². The number of likely N-dealkylation sites (N-methyl/N-ethyl adjacent to an activating group) is 1. The lowest BCUT2D eigenvalue weighted by Gasteiger charge is -2.31. The van der Waals surface area contributed by atoms with Crippen LogP contribution < -0.4 is 5.32 Å². The summed E-state index contributed by atoms with van der Waals surface area (Å²) in [6.07, 6.45) is 7.08. The van der Waals surface area contributed by atoms with Gasteiger partial charge >= 0.3 is 0 Å². The van der Waals surface area contributed by atoms with Crippen LogP contribution in [-0.4, -0.2) is 49.7 Å². The highest BCUT2D eigenvalue weighted by molar-refractivity contribution is 5.81. The van der Waals surface area contributed by atoms with Crippen LogP contribution in [0, 0.1) is 0 Å². The third kappa shape index (κ3) is 3.68. The lowest BCUT2D eigenvalue weighted by atomic mass is 10.0. The number of carbonyl (C=O) groups excluding carboxylic acids is 1. The SMILES string of the molecule is CN(CC1CCCCO1)C(=O)C1CCCCN1. The standard InChI is InChI=1S/C13H24N2O2/c1-15(10-11-6-3-5-9-17-11)13(16)12-7-2-4-8-14-12/h11-12,14H,2-10H2,1H3. The van der Waals surface area contributed by atoms with Crippen LogP contribution in [0.2, 0.25) is 0 Å². The summed E-state index contributed by atoms with van der Waals surface area (Å²) >= 11 is 0. The molecule has 0 spiro atoms. The van der Waals surface area contributed by atoms with Crippen LogP contribution in [0.1, 0.15) is 38.5 Å². The zero-order valence-electron chi connectivity index (χ0n) is 10.8. The maximum atomic E-state index is 12.2. The van der Waals surface area contributed by atoms with Crippen molar-refractivity contribution >= 4 is 5.91 Å². The van der Waals surface area contributed by atoms with Gasteiger partial charge in [-0.25, -0.2) is 0 Å². The largest absolute Gasteiger partial charge is 0.376 e. The molecule has 2 aliphatic rings. The molecule has 1 amide bonds. The van der Waals surface area contributed by atoms with Crippen molar-refractivity contribution < 1.29 is 9.53 Å². The van der Waals surface area contributed by atoms with Crippen molar-refractivity contribution in [1.29, 1.82) is 0 Å². The van der Waals surface area contributed by atoms with Gasteiger partial charge in [-0.15, -0.1) is 0 Å². The van der Waals surface area contributed by atoms with E-state index in [0.717, 1.165) is 39.0 Å². The third-order valence-corrected chi connectivity index (χ3v) is 3.74. The first-order chi connectivity index (χ1) is 8.27. The molecule has 2 unspecified atom stereocenters. The molecular weight excluding hydrogens is 216 g/mol. The van der Waals surface area contributed by atoms with Gasteiger partial charge in [-0.1, -0.05) is 6.42 Å². The van der Waals surface area contributed by atoms with E-state index < -0.39 is 0 Å². The monoisotopic (exact) mass is 240 g/mol. The summed E-state index contributed by atoms with van der Waals surface area (Å²) < 4.78 is 5.67. The van der Waals surface area contributed by atoms with E-state index in [1.807, 2.05) is 11.9 Å². The van der Waals surface area contributed by atoms with Crippen LogP contribution in [0.4, 0.5) is 0 Å². The smallest absolute Gasteiger partial charge is 0.239 e. The molecule has 4 nitrogen and oxygen atoms in total. The van der Waals surface area contributed by atoms with Gasteiger partial charge in [0.1, 0.15) is 0 Å². The molecule has 17 heavy (non-hydrogen) atoms. The topological polar surface area (TPSA) is 41.6 Å². The zero-order valence-corrected chi connectivity index (χ0v) is 10.8. The Bertz CT molecular complexity index is 246. The van der Waals surface area contributed by atoms with Crippen LogP contribution >= 0.6 is 0 Å². The molecule has 0 aromatic rings. The third-order valence-electron chi connectivity index (χ3n) is 3.74. The normalized spacial score (nSPS) is 29.9. The number of nitrogens with zero attached hydrogens (tertiary/aromatic N) is 1. The lowest BCUT2D eigenvalue weighted by molar-refractivity contribution is -0.135. The molecule has 4 heteroatoms. The highest BCUT2D eigenvalue weighted by atomic mass is 16.5. The van der Waals surface area contributed by atoms with Crippen molar-refractivity contribution in [2.24, 2.45) is 0 Å². The van der Waals surface area contributed by atoms with Gasteiger partial charge in [-0.2, -0.15) is 0 Å². The molecule has 2 heterocycles. The maximum Gasteiger partial charge on any atom is 0.239 e. The predicted octanol–water partition coefficient (Wildman–Crippen LogP) is 1.16. The summed E-state index contributed by atoms with van der Waals surface area (Å²) in [6.45, 7) is 2.58. The van der Waals surface area contributed by atoms with E-state index in [0.29, 0.717) is 0 Å². The molecule has 0 bridgehead atoms. The van der Waals surface area contributed by atoms with Crippen molar-refractivity contribution in [3.8, 4) is 0 Å². The molecule has 2 atom stereocenters. The van der Waals surface area contributed by atoms with E-state index in [1.165, 1.54) is 19.3 Å². The van der Waals surface area contributed by atoms with Crippen molar-refractivity contribution in [2.45, 2.75) is 50.7 Å². The Kier molecular flexibility index (Phi) is 4.80. The number of hydrogen-bond acceptors (Lipinski definition) is 3. The molecule has 0 aromatic carbocycles.